The van der Waals surface area contributed by atoms with Crippen LogP contribution in [0.5, 0.6) is 5.75 Å². The van der Waals surface area contributed by atoms with Crippen LogP contribution in [-0.2, 0) is 16.1 Å². The summed E-state index contributed by atoms with van der Waals surface area (Å²) in [4.78, 5) is 40.8. The number of hydrogen-bond acceptors (Lipinski definition) is 6. The van der Waals surface area contributed by atoms with Crippen LogP contribution in [0.15, 0.2) is 36.4 Å². The summed E-state index contributed by atoms with van der Waals surface area (Å²) >= 11 is 6.06. The summed E-state index contributed by atoms with van der Waals surface area (Å²) < 4.78 is 6.46. The number of nitriles is 1. The van der Waals surface area contributed by atoms with Crippen molar-refractivity contribution in [2.24, 2.45) is 0 Å². The molecule has 1 unspecified atom stereocenters. The lowest BCUT2D eigenvalue weighted by Gasteiger charge is -2.45. The molecule has 9 heteroatoms. The van der Waals surface area contributed by atoms with E-state index in [2.05, 4.69) is 16.3 Å². The van der Waals surface area contributed by atoms with E-state index >= 15 is 0 Å². The average molecular weight is 519 g/mol. The number of rotatable bonds is 5. The summed E-state index contributed by atoms with van der Waals surface area (Å²) in [6, 6.07) is 13.1. The molecule has 3 aliphatic heterocycles. The Kier molecular flexibility index (Phi) is 6.13. The largest absolute Gasteiger partial charge is 0.489 e. The van der Waals surface area contributed by atoms with Gasteiger partial charge >= 0.3 is 0 Å². The van der Waals surface area contributed by atoms with Crippen molar-refractivity contribution in [2.75, 3.05) is 13.1 Å². The molecule has 2 aromatic carbocycles. The first-order valence-corrected chi connectivity index (χ1v) is 13.2. The number of piperidine rings is 1. The summed E-state index contributed by atoms with van der Waals surface area (Å²) in [5.74, 6) is 0.170. The van der Waals surface area contributed by atoms with E-state index in [-0.39, 0.29) is 24.3 Å². The number of likely N-dealkylation sites (tertiary alicyclic amines) is 1. The highest BCUT2D eigenvalue weighted by Crippen LogP contribution is 2.38. The van der Waals surface area contributed by atoms with E-state index in [0.717, 1.165) is 49.2 Å². The van der Waals surface area contributed by atoms with Gasteiger partial charge in [-0.2, -0.15) is 5.26 Å². The zero-order chi connectivity index (χ0) is 25.7. The minimum absolute atomic E-state index is 0.0583. The van der Waals surface area contributed by atoms with Crippen molar-refractivity contribution < 1.29 is 19.1 Å². The molecule has 0 bridgehead atoms. The van der Waals surface area contributed by atoms with Crippen molar-refractivity contribution in [1.82, 2.24) is 15.1 Å². The van der Waals surface area contributed by atoms with Gasteiger partial charge in [-0.05, 0) is 67.1 Å². The highest BCUT2D eigenvalue weighted by atomic mass is 35.5. The Bertz CT molecular complexity index is 1330. The van der Waals surface area contributed by atoms with Gasteiger partial charge in [-0.3, -0.25) is 24.6 Å². The van der Waals surface area contributed by atoms with Crippen LogP contribution in [0.2, 0.25) is 5.02 Å². The second kappa shape index (κ2) is 9.47. The van der Waals surface area contributed by atoms with E-state index in [4.69, 9.17) is 16.3 Å². The van der Waals surface area contributed by atoms with Gasteiger partial charge in [0.15, 0.2) is 0 Å². The van der Waals surface area contributed by atoms with Crippen LogP contribution in [0.1, 0.15) is 65.1 Å². The number of nitrogens with one attached hydrogen (secondary N) is 1. The summed E-state index contributed by atoms with van der Waals surface area (Å²) in [7, 11) is 0. The third kappa shape index (κ3) is 4.36. The number of halogens is 1. The van der Waals surface area contributed by atoms with E-state index in [1.54, 1.807) is 17.0 Å². The number of fused-ring (bicyclic) bond motifs is 1. The third-order valence-corrected chi connectivity index (χ3v) is 8.39. The summed E-state index contributed by atoms with van der Waals surface area (Å²) in [6.07, 6.45) is 3.77. The van der Waals surface area contributed by atoms with Gasteiger partial charge in [-0.25, -0.2) is 0 Å². The fraction of sp³-hybridized carbons (Fsp3) is 0.429. The van der Waals surface area contributed by atoms with Crippen molar-refractivity contribution in [3.8, 4) is 11.8 Å². The molecule has 0 spiro atoms. The Morgan fingerprint density at radius 2 is 1.89 bits per heavy atom. The van der Waals surface area contributed by atoms with Crippen LogP contribution in [0, 0.1) is 11.3 Å². The summed E-state index contributed by atoms with van der Waals surface area (Å²) in [5, 5.41) is 12.4. The van der Waals surface area contributed by atoms with Crippen LogP contribution in [0.25, 0.3) is 0 Å². The molecule has 3 heterocycles. The molecular formula is C28H27ClN4O4. The summed E-state index contributed by atoms with van der Waals surface area (Å²) in [5.41, 5.74) is 3.14. The molecule has 8 nitrogen and oxygen atoms in total. The molecule has 0 radical (unpaired) electrons. The van der Waals surface area contributed by atoms with Gasteiger partial charge in [0.25, 0.3) is 5.91 Å². The van der Waals surface area contributed by atoms with Gasteiger partial charge in [-0.1, -0.05) is 17.7 Å². The van der Waals surface area contributed by atoms with Crippen LogP contribution in [-0.4, -0.2) is 58.8 Å². The smallest absolute Gasteiger partial charge is 0.255 e. The Hall–Kier alpha value is -3.41. The number of carbonyl (C=O) groups excluding carboxylic acids is 3. The molecule has 0 aromatic heterocycles. The van der Waals surface area contributed by atoms with Crippen molar-refractivity contribution in [3.05, 3.63) is 63.7 Å². The zero-order valence-electron chi connectivity index (χ0n) is 20.3. The first-order chi connectivity index (χ1) is 17.9. The molecule has 1 N–H and O–H groups in total. The van der Waals surface area contributed by atoms with Crippen molar-refractivity contribution in [2.45, 2.75) is 62.8 Å². The van der Waals surface area contributed by atoms with Crippen LogP contribution in [0.4, 0.5) is 0 Å². The Balaban J connectivity index is 1.11. The molecule has 1 aliphatic carbocycles. The number of amides is 3. The van der Waals surface area contributed by atoms with Gasteiger partial charge in [-0.15, -0.1) is 0 Å². The fourth-order valence-corrected chi connectivity index (χ4v) is 6.39. The maximum absolute atomic E-state index is 13.0. The lowest BCUT2D eigenvalue weighted by Crippen LogP contribution is -2.54. The monoisotopic (exact) mass is 518 g/mol. The molecule has 3 atom stereocenters. The predicted octanol–water partition coefficient (Wildman–Crippen LogP) is 3.37. The second-order valence-corrected chi connectivity index (χ2v) is 10.8. The molecular weight excluding hydrogens is 492 g/mol. The first kappa shape index (κ1) is 24.0. The van der Waals surface area contributed by atoms with Crippen molar-refractivity contribution >= 4 is 29.3 Å². The first-order valence-electron chi connectivity index (χ1n) is 12.8. The number of carbonyl (C=O) groups is 3. The van der Waals surface area contributed by atoms with Gasteiger partial charge in [0, 0.05) is 48.6 Å². The molecule has 2 aromatic rings. The number of nitrogens with zero attached hydrogens (tertiary/aromatic N) is 3. The Morgan fingerprint density at radius 3 is 2.68 bits per heavy atom. The second-order valence-electron chi connectivity index (χ2n) is 10.4. The lowest BCUT2D eigenvalue weighted by molar-refractivity contribution is -0.136. The molecule has 1 saturated carbocycles. The molecule has 6 rings (SSSR count). The average Bonchev–Trinajstić information content (AvgIpc) is 3.43. The van der Waals surface area contributed by atoms with Crippen LogP contribution >= 0.6 is 11.6 Å². The van der Waals surface area contributed by atoms with Gasteiger partial charge in [0.1, 0.15) is 17.9 Å². The fourth-order valence-electron chi connectivity index (χ4n) is 6.22. The topological polar surface area (TPSA) is 103 Å². The lowest BCUT2D eigenvalue weighted by atomic mass is 9.86. The SMILES string of the molecule is N#Cc1cc(Cl)ccc1C1CN([C@@H]2CCC[C@@H]2Oc2ccc3c(c2)CN(C2CCC(=O)NC2=O)C3=O)C1. The van der Waals surface area contributed by atoms with Gasteiger partial charge in [0.2, 0.25) is 11.8 Å². The maximum atomic E-state index is 13.0. The van der Waals surface area contributed by atoms with Gasteiger partial charge < -0.3 is 9.64 Å². The number of benzene rings is 2. The molecule has 2 saturated heterocycles. The van der Waals surface area contributed by atoms with Crippen molar-refractivity contribution in [1.29, 1.82) is 5.26 Å². The van der Waals surface area contributed by atoms with Crippen molar-refractivity contribution in [3.63, 3.8) is 0 Å². The zero-order valence-corrected chi connectivity index (χ0v) is 21.0. The number of ether oxygens (including phenoxy) is 1. The Morgan fingerprint density at radius 1 is 1.05 bits per heavy atom. The Labute approximate surface area is 220 Å². The van der Waals surface area contributed by atoms with E-state index in [1.165, 1.54) is 0 Å². The normalized spacial score (nSPS) is 26.0. The molecule has 4 aliphatic rings. The molecule has 37 heavy (non-hydrogen) atoms. The van der Waals surface area contributed by atoms with Gasteiger partial charge in [0.05, 0.1) is 11.6 Å². The standard InChI is InChI=1S/C28H27ClN4O4/c29-19-4-6-21(16(10-19)12-30)18-13-32(14-18)23-2-1-3-25(23)37-20-5-7-22-17(11-20)15-33(28(22)36)24-8-9-26(34)31-27(24)35/h4-7,10-11,18,23-25H,1-3,8-9,13-15H2,(H,31,34,35)/t23-,24?,25+/m1/s1. The predicted molar refractivity (Wildman–Crippen MR) is 135 cm³/mol. The number of imide groups is 1. The van der Waals surface area contributed by atoms with Crippen LogP contribution < -0.4 is 10.1 Å². The highest BCUT2D eigenvalue weighted by molar-refractivity contribution is 6.30. The summed E-state index contributed by atoms with van der Waals surface area (Å²) in [6.45, 7) is 2.11. The van der Waals surface area contributed by atoms with E-state index in [9.17, 15) is 19.6 Å². The minimum Gasteiger partial charge on any atom is -0.489 e. The van der Waals surface area contributed by atoms with E-state index in [1.807, 2.05) is 24.3 Å². The highest BCUT2D eigenvalue weighted by Gasteiger charge is 2.42. The molecule has 3 amide bonds. The minimum atomic E-state index is -0.622. The third-order valence-electron chi connectivity index (χ3n) is 8.15. The van der Waals surface area contributed by atoms with E-state index < -0.39 is 11.9 Å². The molecule has 3 fully saturated rings. The molecule has 190 valence electrons. The van der Waals surface area contributed by atoms with Crippen LogP contribution in [0.3, 0.4) is 0 Å². The number of hydrogen-bond donors (Lipinski definition) is 1. The maximum Gasteiger partial charge on any atom is 0.255 e. The quantitative estimate of drug-likeness (QED) is 0.609. The van der Waals surface area contributed by atoms with E-state index in [0.29, 0.717) is 41.1 Å².